The molecule has 0 saturated heterocycles. The average molecular weight is 292 g/mol. The summed E-state index contributed by atoms with van der Waals surface area (Å²) in [4.78, 5) is 11.4. The molecule has 1 heterocycles. The Balaban J connectivity index is 1.72. The Bertz CT molecular complexity index is 861. The van der Waals surface area contributed by atoms with Gasteiger partial charge in [0.25, 0.3) is 0 Å². The summed E-state index contributed by atoms with van der Waals surface area (Å²) in [6.07, 6.45) is 1.12. The minimum atomic E-state index is -0.927. The summed E-state index contributed by atoms with van der Waals surface area (Å²) in [6.45, 7) is 1.70. The zero-order valence-electron chi connectivity index (χ0n) is 12.2. The Labute approximate surface area is 128 Å². The van der Waals surface area contributed by atoms with Crippen molar-refractivity contribution in [1.29, 1.82) is 0 Å². The van der Waals surface area contributed by atoms with E-state index in [1.54, 1.807) is 6.92 Å². The molecule has 0 aliphatic heterocycles. The molecule has 0 unspecified atom stereocenters. The van der Waals surface area contributed by atoms with E-state index in [4.69, 9.17) is 4.42 Å². The third kappa shape index (κ3) is 2.01. The second kappa shape index (κ2) is 4.73. The zero-order valence-corrected chi connectivity index (χ0v) is 12.2. The third-order valence-corrected chi connectivity index (χ3v) is 4.55. The van der Waals surface area contributed by atoms with Gasteiger partial charge in [-0.1, -0.05) is 36.4 Å². The lowest BCUT2D eigenvalue weighted by Crippen LogP contribution is -1.96. The number of aryl methyl sites for hydroxylation is 1. The lowest BCUT2D eigenvalue weighted by atomic mass is 10.0. The summed E-state index contributed by atoms with van der Waals surface area (Å²) < 4.78 is 5.55. The van der Waals surface area contributed by atoms with E-state index in [0.29, 0.717) is 28.6 Å². The van der Waals surface area contributed by atoms with Crippen molar-refractivity contribution in [3.05, 3.63) is 71.0 Å². The van der Waals surface area contributed by atoms with Gasteiger partial charge in [0.05, 0.1) is 0 Å². The predicted octanol–water partition coefficient (Wildman–Crippen LogP) is 4.71. The Morgan fingerprint density at radius 2 is 1.82 bits per heavy atom. The van der Waals surface area contributed by atoms with Crippen molar-refractivity contribution in [2.24, 2.45) is 0 Å². The molecule has 110 valence electrons. The minimum Gasteiger partial charge on any atom is -0.478 e. The van der Waals surface area contributed by atoms with E-state index in [-0.39, 0.29) is 5.56 Å². The number of furan rings is 1. The van der Waals surface area contributed by atoms with Crippen LogP contribution in [0.3, 0.4) is 0 Å². The van der Waals surface area contributed by atoms with E-state index in [1.807, 2.05) is 18.2 Å². The first-order valence-corrected chi connectivity index (χ1v) is 7.46. The molecular formula is C19H16O3. The number of carboxylic acids is 1. The molecule has 3 aromatic rings. The van der Waals surface area contributed by atoms with Crippen molar-refractivity contribution >= 4 is 16.9 Å². The van der Waals surface area contributed by atoms with Gasteiger partial charge in [-0.05, 0) is 48.4 Å². The maximum absolute atomic E-state index is 11.4. The first kappa shape index (κ1) is 13.1. The topological polar surface area (TPSA) is 50.4 Å². The van der Waals surface area contributed by atoms with Gasteiger partial charge >= 0.3 is 5.97 Å². The lowest BCUT2D eigenvalue weighted by Gasteiger charge is -2.02. The number of hydrogen-bond donors (Lipinski definition) is 1. The molecule has 22 heavy (non-hydrogen) atoms. The van der Waals surface area contributed by atoms with Gasteiger partial charge in [-0.25, -0.2) is 4.79 Å². The summed E-state index contributed by atoms with van der Waals surface area (Å²) in [5.41, 5.74) is 3.49. The highest BCUT2D eigenvalue weighted by Crippen LogP contribution is 2.55. The molecule has 0 amide bonds. The van der Waals surface area contributed by atoms with Crippen LogP contribution in [-0.4, -0.2) is 11.1 Å². The Morgan fingerprint density at radius 1 is 1.09 bits per heavy atom. The predicted molar refractivity (Wildman–Crippen MR) is 84.5 cm³/mol. The van der Waals surface area contributed by atoms with Crippen LogP contribution in [0.1, 0.15) is 45.5 Å². The molecule has 0 spiro atoms. The van der Waals surface area contributed by atoms with Crippen molar-refractivity contribution in [3.8, 4) is 0 Å². The van der Waals surface area contributed by atoms with Crippen LogP contribution < -0.4 is 0 Å². The van der Waals surface area contributed by atoms with Crippen LogP contribution in [0.4, 0.5) is 0 Å². The number of benzene rings is 2. The summed E-state index contributed by atoms with van der Waals surface area (Å²) in [5, 5.41) is 10.1. The molecule has 1 aromatic heterocycles. The van der Waals surface area contributed by atoms with E-state index < -0.39 is 5.97 Å². The molecular weight excluding hydrogens is 276 g/mol. The van der Waals surface area contributed by atoms with Gasteiger partial charge < -0.3 is 9.52 Å². The summed E-state index contributed by atoms with van der Waals surface area (Å²) in [6, 6.07) is 16.4. The molecule has 0 bridgehead atoms. The van der Waals surface area contributed by atoms with Crippen LogP contribution in [0.15, 0.2) is 52.9 Å². The van der Waals surface area contributed by atoms with Crippen LogP contribution in [0.25, 0.3) is 11.0 Å². The lowest BCUT2D eigenvalue weighted by molar-refractivity contribution is 0.0697. The van der Waals surface area contributed by atoms with Crippen LogP contribution in [0, 0.1) is 6.92 Å². The third-order valence-electron chi connectivity index (χ3n) is 4.55. The van der Waals surface area contributed by atoms with Crippen LogP contribution in [0.2, 0.25) is 0 Å². The number of carboxylic acid groups (broad SMARTS) is 1. The number of aromatic carboxylic acids is 1. The van der Waals surface area contributed by atoms with E-state index in [2.05, 4.69) is 30.3 Å². The van der Waals surface area contributed by atoms with Gasteiger partial charge in [0.1, 0.15) is 16.9 Å². The highest BCUT2D eigenvalue weighted by atomic mass is 16.4. The summed E-state index contributed by atoms with van der Waals surface area (Å²) >= 11 is 0. The molecule has 3 heteroatoms. The molecule has 3 nitrogen and oxygen atoms in total. The molecule has 4 rings (SSSR count). The normalized spacial score (nSPS) is 20.2. The molecule has 1 N–H and O–H groups in total. The molecule has 2 atom stereocenters. The Hall–Kier alpha value is -2.55. The highest BCUT2D eigenvalue weighted by molar-refractivity contribution is 6.03. The molecule has 2 aromatic carbocycles. The van der Waals surface area contributed by atoms with Crippen molar-refractivity contribution in [2.75, 3.05) is 0 Å². The maximum atomic E-state index is 11.4. The molecule has 1 aliphatic carbocycles. The van der Waals surface area contributed by atoms with Crippen molar-refractivity contribution in [3.63, 3.8) is 0 Å². The maximum Gasteiger partial charge on any atom is 0.339 e. The van der Waals surface area contributed by atoms with Gasteiger partial charge in [0.15, 0.2) is 0 Å². The standard InChI is InChI=1S/C19H16O3/c1-11-18(19(20)21)16-9-13(7-8-17(16)22-11)15-10-14(15)12-5-3-2-4-6-12/h2-9,14-15H,10H2,1H3,(H,20,21)/t14-,15+/m1/s1. The van der Waals surface area contributed by atoms with Crippen LogP contribution >= 0.6 is 0 Å². The summed E-state index contributed by atoms with van der Waals surface area (Å²) in [5.74, 6) is 0.558. The first-order chi connectivity index (χ1) is 10.6. The highest BCUT2D eigenvalue weighted by Gasteiger charge is 2.39. The van der Waals surface area contributed by atoms with Crippen LogP contribution in [0.5, 0.6) is 0 Å². The van der Waals surface area contributed by atoms with E-state index in [1.165, 1.54) is 11.1 Å². The quantitative estimate of drug-likeness (QED) is 0.760. The zero-order chi connectivity index (χ0) is 15.3. The number of rotatable bonds is 3. The van der Waals surface area contributed by atoms with E-state index >= 15 is 0 Å². The molecule has 1 fully saturated rings. The Morgan fingerprint density at radius 3 is 2.55 bits per heavy atom. The summed E-state index contributed by atoms with van der Waals surface area (Å²) in [7, 11) is 0. The van der Waals surface area contributed by atoms with Crippen molar-refractivity contribution in [2.45, 2.75) is 25.2 Å². The van der Waals surface area contributed by atoms with E-state index in [9.17, 15) is 9.90 Å². The minimum absolute atomic E-state index is 0.286. The monoisotopic (exact) mass is 292 g/mol. The van der Waals surface area contributed by atoms with Crippen molar-refractivity contribution < 1.29 is 14.3 Å². The smallest absolute Gasteiger partial charge is 0.339 e. The van der Waals surface area contributed by atoms with Gasteiger partial charge in [-0.15, -0.1) is 0 Å². The second-order valence-electron chi connectivity index (χ2n) is 5.95. The molecule has 0 radical (unpaired) electrons. The van der Waals surface area contributed by atoms with Gasteiger partial charge in [0, 0.05) is 5.39 Å². The fourth-order valence-corrected chi connectivity index (χ4v) is 3.37. The molecule has 1 aliphatic rings. The Kier molecular flexibility index (Phi) is 2.83. The largest absolute Gasteiger partial charge is 0.478 e. The van der Waals surface area contributed by atoms with Crippen LogP contribution in [-0.2, 0) is 0 Å². The number of carbonyl (C=O) groups is 1. The van der Waals surface area contributed by atoms with E-state index in [0.717, 1.165) is 6.42 Å². The average Bonchev–Trinajstić information content (AvgIpc) is 3.23. The fourth-order valence-electron chi connectivity index (χ4n) is 3.37. The first-order valence-electron chi connectivity index (χ1n) is 7.46. The number of hydrogen-bond acceptors (Lipinski definition) is 2. The molecule has 1 saturated carbocycles. The van der Waals surface area contributed by atoms with Gasteiger partial charge in [0.2, 0.25) is 0 Å². The number of fused-ring (bicyclic) bond motifs is 1. The SMILES string of the molecule is Cc1oc2ccc([C@@H]3C[C@@H]3c3ccccc3)cc2c1C(=O)O. The van der Waals surface area contributed by atoms with Crippen molar-refractivity contribution in [1.82, 2.24) is 0 Å². The fraction of sp³-hybridized carbons (Fsp3) is 0.211. The van der Waals surface area contributed by atoms with Gasteiger partial charge in [-0.3, -0.25) is 0 Å². The second-order valence-corrected chi connectivity index (χ2v) is 5.95. The van der Waals surface area contributed by atoms with Gasteiger partial charge in [-0.2, -0.15) is 0 Å².